The first-order valence-electron chi connectivity index (χ1n) is 9.62. The molecular weight excluding hydrogens is 376 g/mol. The zero-order valence-corrected chi connectivity index (χ0v) is 16.4. The lowest BCUT2D eigenvalue weighted by atomic mass is 9.67. The zero-order chi connectivity index (χ0) is 20.9. The van der Waals surface area contributed by atoms with Crippen molar-refractivity contribution in [3.05, 3.63) is 53.7 Å². The maximum Gasteiger partial charge on any atom is 0.360 e. The Bertz CT molecular complexity index is 824. The van der Waals surface area contributed by atoms with E-state index < -0.39 is 11.6 Å². The first kappa shape index (κ1) is 21.0. The van der Waals surface area contributed by atoms with E-state index in [9.17, 15) is 9.90 Å². The van der Waals surface area contributed by atoms with E-state index in [2.05, 4.69) is 14.6 Å². The van der Waals surface area contributed by atoms with Crippen molar-refractivity contribution in [2.75, 3.05) is 20.2 Å². The van der Waals surface area contributed by atoms with Gasteiger partial charge in [-0.25, -0.2) is 9.78 Å². The third-order valence-corrected chi connectivity index (χ3v) is 5.84. The number of carboxylic acid groups (broad SMARTS) is 1. The highest BCUT2D eigenvalue weighted by atomic mass is 16.5. The van der Waals surface area contributed by atoms with Gasteiger partial charge in [-0.3, -0.25) is 9.69 Å². The van der Waals surface area contributed by atoms with Crippen molar-refractivity contribution in [2.24, 2.45) is 11.8 Å². The predicted molar refractivity (Wildman–Crippen MR) is 103 cm³/mol. The van der Waals surface area contributed by atoms with Crippen molar-refractivity contribution in [1.29, 1.82) is 0 Å². The maximum atomic E-state index is 11.5. The van der Waals surface area contributed by atoms with Crippen LogP contribution < -0.4 is 0 Å². The molecule has 1 aliphatic carbocycles. The lowest BCUT2D eigenvalue weighted by molar-refractivity contribution is -0.122. The van der Waals surface area contributed by atoms with Crippen LogP contribution in [0.3, 0.4) is 0 Å². The molecule has 3 atom stereocenters. The number of fused-ring (bicyclic) bond motifs is 1. The Kier molecular flexibility index (Phi) is 6.66. The van der Waals surface area contributed by atoms with Crippen LogP contribution in [0.1, 0.15) is 41.2 Å². The molecule has 2 heterocycles. The number of carbonyl (C=O) groups is 2. The molecule has 2 aliphatic rings. The summed E-state index contributed by atoms with van der Waals surface area (Å²) in [6.45, 7) is 2.00. The fraction of sp³-hybridized carbons (Fsp3) is 0.476. The second kappa shape index (κ2) is 9.19. The topological polar surface area (TPSA) is 113 Å². The van der Waals surface area contributed by atoms with Crippen LogP contribution in [0.15, 0.2) is 41.0 Å². The number of hydrogen-bond acceptors (Lipinski definition) is 7. The van der Waals surface area contributed by atoms with E-state index in [4.69, 9.17) is 14.3 Å². The minimum Gasteiger partial charge on any atom is -0.483 e. The fourth-order valence-corrected chi connectivity index (χ4v) is 4.60. The molecule has 0 spiro atoms. The Morgan fingerprint density at radius 3 is 2.79 bits per heavy atom. The van der Waals surface area contributed by atoms with Crippen LogP contribution in [-0.2, 0) is 21.7 Å². The SMILES string of the molecule is COC(=O)c1coc(CN2C[C@@H]3CCC[C@@](O)(c4ccccc4)[C@@H]3C2)n1.O=CO. The average Bonchev–Trinajstić information content (AvgIpc) is 3.37. The van der Waals surface area contributed by atoms with Crippen LogP contribution in [0, 0.1) is 11.8 Å². The van der Waals surface area contributed by atoms with Crippen molar-refractivity contribution in [3.63, 3.8) is 0 Å². The monoisotopic (exact) mass is 402 g/mol. The number of aromatic nitrogens is 1. The summed E-state index contributed by atoms with van der Waals surface area (Å²) < 4.78 is 10.1. The summed E-state index contributed by atoms with van der Waals surface area (Å²) in [5.74, 6) is 0.679. The van der Waals surface area contributed by atoms with E-state index in [0.717, 1.165) is 37.9 Å². The number of ether oxygens (including phenoxy) is 1. The van der Waals surface area contributed by atoms with Gasteiger partial charge in [0.25, 0.3) is 6.47 Å². The summed E-state index contributed by atoms with van der Waals surface area (Å²) in [4.78, 5) is 26.4. The van der Waals surface area contributed by atoms with E-state index in [0.29, 0.717) is 18.4 Å². The fourth-order valence-electron chi connectivity index (χ4n) is 4.60. The van der Waals surface area contributed by atoms with Gasteiger partial charge in [-0.05, 0) is 30.7 Å². The standard InChI is InChI=1S/C20H24N2O4.CH2O2/c1-25-19(23)17-13-26-18(21-17)12-22-10-14-6-5-9-20(24,16(14)11-22)15-7-3-2-4-8-15;2-1-3/h2-4,7-8,13-14,16,24H,5-6,9-12H2,1H3;1H,(H,2,3)/t14-,16+,20+;/m0./s1. The lowest BCUT2D eigenvalue weighted by Gasteiger charge is -2.41. The van der Waals surface area contributed by atoms with Gasteiger partial charge in [-0.1, -0.05) is 30.3 Å². The number of carbonyl (C=O) groups excluding carboxylic acids is 1. The smallest absolute Gasteiger partial charge is 0.360 e. The van der Waals surface area contributed by atoms with E-state index in [1.165, 1.54) is 13.4 Å². The number of benzene rings is 1. The largest absolute Gasteiger partial charge is 0.483 e. The van der Waals surface area contributed by atoms with Crippen LogP contribution in [0.5, 0.6) is 0 Å². The van der Waals surface area contributed by atoms with Gasteiger partial charge in [-0.2, -0.15) is 0 Å². The lowest BCUT2D eigenvalue weighted by Crippen LogP contribution is -2.42. The number of likely N-dealkylation sites (tertiary alicyclic amines) is 1. The average molecular weight is 402 g/mol. The third-order valence-electron chi connectivity index (χ3n) is 5.84. The van der Waals surface area contributed by atoms with Gasteiger partial charge in [-0.15, -0.1) is 0 Å². The molecule has 29 heavy (non-hydrogen) atoms. The number of aliphatic hydroxyl groups is 1. The van der Waals surface area contributed by atoms with Gasteiger partial charge >= 0.3 is 5.97 Å². The van der Waals surface area contributed by atoms with Crippen LogP contribution in [0.2, 0.25) is 0 Å². The molecule has 2 fully saturated rings. The minimum atomic E-state index is -0.771. The summed E-state index contributed by atoms with van der Waals surface area (Å²) in [6.07, 6.45) is 4.31. The Morgan fingerprint density at radius 1 is 1.38 bits per heavy atom. The Hall–Kier alpha value is -2.71. The number of rotatable bonds is 4. The van der Waals surface area contributed by atoms with Crippen LogP contribution in [-0.4, -0.2) is 52.7 Å². The number of methoxy groups -OCH3 is 1. The second-order valence-electron chi connectivity index (χ2n) is 7.47. The van der Waals surface area contributed by atoms with Crippen molar-refractivity contribution >= 4 is 12.4 Å². The van der Waals surface area contributed by atoms with Crippen LogP contribution in [0.25, 0.3) is 0 Å². The number of hydrogen-bond donors (Lipinski definition) is 2. The first-order chi connectivity index (χ1) is 14.0. The summed E-state index contributed by atoms with van der Waals surface area (Å²) in [6, 6.07) is 10.0. The molecule has 156 valence electrons. The summed E-state index contributed by atoms with van der Waals surface area (Å²) in [5.41, 5.74) is 0.438. The van der Waals surface area contributed by atoms with Crippen molar-refractivity contribution in [3.8, 4) is 0 Å². The van der Waals surface area contributed by atoms with Crippen molar-refractivity contribution < 1.29 is 29.0 Å². The Balaban J connectivity index is 0.000000755. The first-order valence-corrected chi connectivity index (χ1v) is 9.62. The van der Waals surface area contributed by atoms with Crippen LogP contribution in [0.4, 0.5) is 0 Å². The molecule has 1 saturated carbocycles. The molecule has 1 aliphatic heterocycles. The van der Waals surface area contributed by atoms with E-state index >= 15 is 0 Å². The molecule has 8 nitrogen and oxygen atoms in total. The number of esters is 1. The van der Waals surface area contributed by atoms with Gasteiger partial charge in [0.05, 0.1) is 19.3 Å². The predicted octanol–water partition coefficient (Wildman–Crippen LogP) is 2.28. The highest BCUT2D eigenvalue weighted by molar-refractivity contribution is 5.86. The quantitative estimate of drug-likeness (QED) is 0.592. The van der Waals surface area contributed by atoms with Crippen molar-refractivity contribution in [1.82, 2.24) is 9.88 Å². The molecule has 2 N–H and O–H groups in total. The van der Waals surface area contributed by atoms with Crippen LogP contribution >= 0.6 is 0 Å². The molecule has 1 aromatic heterocycles. The molecular formula is C21H26N2O6. The zero-order valence-electron chi connectivity index (χ0n) is 16.4. The third kappa shape index (κ3) is 4.49. The molecule has 4 rings (SSSR count). The molecule has 0 unspecified atom stereocenters. The minimum absolute atomic E-state index is 0.194. The maximum absolute atomic E-state index is 11.5. The van der Waals surface area contributed by atoms with Gasteiger partial charge in [0.15, 0.2) is 5.69 Å². The summed E-state index contributed by atoms with van der Waals surface area (Å²) >= 11 is 0. The molecule has 0 bridgehead atoms. The van der Waals surface area contributed by atoms with E-state index in [1.807, 2.05) is 30.3 Å². The molecule has 2 aromatic rings. The highest BCUT2D eigenvalue weighted by Crippen LogP contribution is 2.48. The molecule has 1 saturated heterocycles. The summed E-state index contributed by atoms with van der Waals surface area (Å²) in [5, 5.41) is 18.4. The normalized spacial score (nSPS) is 26.1. The van der Waals surface area contributed by atoms with Gasteiger partial charge in [0.2, 0.25) is 5.89 Å². The van der Waals surface area contributed by atoms with Gasteiger partial charge in [0.1, 0.15) is 6.26 Å². The van der Waals surface area contributed by atoms with Gasteiger partial charge in [0, 0.05) is 19.0 Å². The molecule has 0 amide bonds. The molecule has 8 heteroatoms. The number of oxazole rings is 1. The molecule has 1 aromatic carbocycles. The summed E-state index contributed by atoms with van der Waals surface area (Å²) in [7, 11) is 1.33. The van der Waals surface area contributed by atoms with Crippen molar-refractivity contribution in [2.45, 2.75) is 31.4 Å². The Labute approximate surface area is 169 Å². The Morgan fingerprint density at radius 2 is 2.10 bits per heavy atom. The second-order valence-corrected chi connectivity index (χ2v) is 7.47. The van der Waals surface area contributed by atoms with Gasteiger partial charge < -0.3 is 19.4 Å². The molecule has 0 radical (unpaired) electrons. The highest BCUT2D eigenvalue weighted by Gasteiger charge is 2.49. The van der Waals surface area contributed by atoms with E-state index in [-0.39, 0.29) is 18.1 Å². The number of nitrogens with zero attached hydrogens (tertiary/aromatic N) is 2. The van der Waals surface area contributed by atoms with E-state index in [1.54, 1.807) is 0 Å².